The molecule has 2 aromatic rings. The maximum atomic E-state index is 5.54. The number of hydrogen-bond acceptors (Lipinski definition) is 3. The lowest BCUT2D eigenvalue weighted by Gasteiger charge is -2.06. The lowest BCUT2D eigenvalue weighted by Crippen LogP contribution is -1.98. The zero-order chi connectivity index (χ0) is 12.3. The second kappa shape index (κ2) is 5.76. The summed E-state index contributed by atoms with van der Waals surface area (Å²) in [6.45, 7) is 4.75. The average Bonchev–Trinajstić information content (AvgIpc) is 2.80. The molecule has 0 fully saturated rings. The fourth-order valence-corrected chi connectivity index (χ4v) is 2.65. The van der Waals surface area contributed by atoms with Gasteiger partial charge < -0.3 is 4.74 Å². The van der Waals surface area contributed by atoms with E-state index in [1.165, 1.54) is 0 Å². The van der Waals surface area contributed by atoms with Gasteiger partial charge in [-0.2, -0.15) is 0 Å². The van der Waals surface area contributed by atoms with Gasteiger partial charge in [0.15, 0.2) is 0 Å². The third-order valence-electron chi connectivity index (χ3n) is 2.43. The van der Waals surface area contributed by atoms with Crippen LogP contribution < -0.4 is 0 Å². The number of halogens is 1. The van der Waals surface area contributed by atoms with Crippen LogP contribution in [0.4, 0.5) is 0 Å². The van der Waals surface area contributed by atoms with Crippen molar-refractivity contribution in [2.75, 3.05) is 6.61 Å². The molecule has 1 heterocycles. The second-order valence-corrected chi connectivity index (χ2v) is 5.48. The Morgan fingerprint density at radius 3 is 2.71 bits per heavy atom. The first-order valence-electron chi connectivity index (χ1n) is 5.53. The molecule has 0 aliphatic heterocycles. The number of benzene rings is 1. The minimum atomic E-state index is 0.0780. The summed E-state index contributed by atoms with van der Waals surface area (Å²) in [6.07, 6.45) is 0.0780. The Hall–Kier alpha value is -0.710. The number of thiazole rings is 1. The van der Waals surface area contributed by atoms with Gasteiger partial charge in [0.1, 0.15) is 11.1 Å². The zero-order valence-corrected chi connectivity index (χ0v) is 12.2. The molecule has 0 aliphatic rings. The van der Waals surface area contributed by atoms with Crippen molar-refractivity contribution in [3.63, 3.8) is 0 Å². The average molecular weight is 312 g/mol. The Balaban J connectivity index is 2.20. The van der Waals surface area contributed by atoms with Gasteiger partial charge in [-0.25, -0.2) is 4.98 Å². The monoisotopic (exact) mass is 311 g/mol. The van der Waals surface area contributed by atoms with E-state index >= 15 is 0 Å². The Morgan fingerprint density at radius 1 is 1.35 bits per heavy atom. The van der Waals surface area contributed by atoms with E-state index < -0.39 is 0 Å². The van der Waals surface area contributed by atoms with Gasteiger partial charge >= 0.3 is 0 Å². The lowest BCUT2D eigenvalue weighted by molar-refractivity contribution is 0.0762. The minimum Gasteiger partial charge on any atom is -0.372 e. The molecule has 0 saturated carbocycles. The first-order chi connectivity index (χ1) is 8.20. The molecular formula is C13H14BrNOS. The van der Waals surface area contributed by atoms with E-state index in [-0.39, 0.29) is 6.10 Å². The van der Waals surface area contributed by atoms with Crippen molar-refractivity contribution in [3.05, 3.63) is 39.1 Å². The van der Waals surface area contributed by atoms with Gasteiger partial charge in [0.25, 0.3) is 0 Å². The van der Waals surface area contributed by atoms with Crippen molar-refractivity contribution in [1.82, 2.24) is 4.98 Å². The Morgan fingerprint density at radius 2 is 2.06 bits per heavy atom. The van der Waals surface area contributed by atoms with E-state index in [2.05, 4.69) is 38.4 Å². The number of rotatable bonds is 4. The topological polar surface area (TPSA) is 22.1 Å². The summed E-state index contributed by atoms with van der Waals surface area (Å²) in [5.41, 5.74) is 2.16. The van der Waals surface area contributed by atoms with Crippen molar-refractivity contribution < 1.29 is 4.74 Å². The molecule has 90 valence electrons. The van der Waals surface area contributed by atoms with Crippen molar-refractivity contribution >= 4 is 27.3 Å². The molecule has 0 aliphatic carbocycles. The second-order valence-electron chi connectivity index (χ2n) is 3.68. The fraction of sp³-hybridized carbons (Fsp3) is 0.308. The van der Waals surface area contributed by atoms with Crippen molar-refractivity contribution in [2.45, 2.75) is 20.0 Å². The largest absolute Gasteiger partial charge is 0.372 e. The van der Waals surface area contributed by atoms with Crippen LogP contribution in [0.25, 0.3) is 11.3 Å². The molecule has 0 radical (unpaired) electrons. The number of hydrogen-bond donors (Lipinski definition) is 0. The first kappa shape index (κ1) is 12.7. The van der Waals surface area contributed by atoms with Crippen molar-refractivity contribution in [3.8, 4) is 11.3 Å². The molecule has 0 bridgehead atoms. The highest BCUT2D eigenvalue weighted by Gasteiger charge is 2.11. The molecule has 1 atom stereocenters. The van der Waals surface area contributed by atoms with E-state index in [0.717, 1.165) is 20.7 Å². The van der Waals surface area contributed by atoms with Gasteiger partial charge in [0.05, 0.1) is 5.69 Å². The Bertz CT molecular complexity index is 480. The molecule has 0 amide bonds. The molecule has 2 rings (SSSR count). The van der Waals surface area contributed by atoms with Gasteiger partial charge in [-0.3, -0.25) is 0 Å². The molecule has 0 N–H and O–H groups in total. The summed E-state index contributed by atoms with van der Waals surface area (Å²) < 4.78 is 6.62. The molecule has 4 heteroatoms. The standard InChI is InChI=1S/C13H14BrNOS/c1-3-16-9(2)13-15-12(8-17-13)10-4-6-11(14)7-5-10/h4-9H,3H2,1-2H3. The molecule has 0 saturated heterocycles. The molecule has 1 unspecified atom stereocenters. The number of aromatic nitrogens is 1. The van der Waals surface area contributed by atoms with Crippen LogP contribution in [0.2, 0.25) is 0 Å². The normalized spacial score (nSPS) is 12.6. The van der Waals surface area contributed by atoms with Crippen LogP contribution in [0, 0.1) is 0 Å². The van der Waals surface area contributed by atoms with E-state index in [4.69, 9.17) is 4.74 Å². The van der Waals surface area contributed by atoms with E-state index in [9.17, 15) is 0 Å². The highest BCUT2D eigenvalue weighted by atomic mass is 79.9. The number of ether oxygens (including phenoxy) is 1. The third-order valence-corrected chi connectivity index (χ3v) is 3.96. The summed E-state index contributed by atoms with van der Waals surface area (Å²) in [5, 5.41) is 3.11. The highest BCUT2D eigenvalue weighted by molar-refractivity contribution is 9.10. The van der Waals surface area contributed by atoms with Crippen molar-refractivity contribution in [1.29, 1.82) is 0 Å². The predicted molar refractivity (Wildman–Crippen MR) is 75.3 cm³/mol. The first-order valence-corrected chi connectivity index (χ1v) is 7.21. The molecule has 17 heavy (non-hydrogen) atoms. The van der Waals surface area contributed by atoms with Crippen LogP contribution in [0.3, 0.4) is 0 Å². The summed E-state index contributed by atoms with van der Waals surface area (Å²) in [6, 6.07) is 8.18. The summed E-state index contributed by atoms with van der Waals surface area (Å²) in [4.78, 5) is 4.61. The number of nitrogens with zero attached hydrogens (tertiary/aromatic N) is 1. The lowest BCUT2D eigenvalue weighted by atomic mass is 10.2. The quantitative estimate of drug-likeness (QED) is 0.818. The van der Waals surface area contributed by atoms with Gasteiger partial charge in [0, 0.05) is 22.0 Å². The van der Waals surface area contributed by atoms with E-state index in [0.29, 0.717) is 6.61 Å². The Kier molecular flexibility index (Phi) is 4.31. The molecule has 2 nitrogen and oxygen atoms in total. The van der Waals surface area contributed by atoms with E-state index in [1.54, 1.807) is 11.3 Å². The SMILES string of the molecule is CCOC(C)c1nc(-c2ccc(Br)cc2)cs1. The summed E-state index contributed by atoms with van der Waals surface area (Å²) >= 11 is 5.08. The molecule has 1 aromatic carbocycles. The highest BCUT2D eigenvalue weighted by Crippen LogP contribution is 2.27. The van der Waals surface area contributed by atoms with E-state index in [1.807, 2.05) is 26.0 Å². The fourth-order valence-electron chi connectivity index (χ4n) is 1.55. The Labute approximate surface area is 114 Å². The van der Waals surface area contributed by atoms with Crippen LogP contribution in [-0.4, -0.2) is 11.6 Å². The minimum absolute atomic E-state index is 0.0780. The van der Waals surface area contributed by atoms with Gasteiger partial charge in [-0.1, -0.05) is 28.1 Å². The van der Waals surface area contributed by atoms with Crippen LogP contribution in [0.15, 0.2) is 34.1 Å². The summed E-state index contributed by atoms with van der Waals surface area (Å²) in [7, 11) is 0. The smallest absolute Gasteiger partial charge is 0.122 e. The predicted octanol–water partition coefficient (Wildman–Crippen LogP) is 4.67. The van der Waals surface area contributed by atoms with Crippen LogP contribution in [0.1, 0.15) is 25.0 Å². The molecule has 0 spiro atoms. The van der Waals surface area contributed by atoms with Crippen LogP contribution in [-0.2, 0) is 4.74 Å². The van der Waals surface area contributed by atoms with Gasteiger partial charge in [-0.15, -0.1) is 11.3 Å². The van der Waals surface area contributed by atoms with Crippen LogP contribution in [0.5, 0.6) is 0 Å². The zero-order valence-electron chi connectivity index (χ0n) is 9.81. The summed E-state index contributed by atoms with van der Waals surface area (Å²) in [5.74, 6) is 0. The maximum Gasteiger partial charge on any atom is 0.122 e. The van der Waals surface area contributed by atoms with Gasteiger partial charge in [0.2, 0.25) is 0 Å². The maximum absolute atomic E-state index is 5.54. The molecular weight excluding hydrogens is 298 g/mol. The third kappa shape index (κ3) is 3.15. The van der Waals surface area contributed by atoms with Gasteiger partial charge in [-0.05, 0) is 26.0 Å². The molecule has 1 aromatic heterocycles. The van der Waals surface area contributed by atoms with Crippen molar-refractivity contribution in [2.24, 2.45) is 0 Å². The van der Waals surface area contributed by atoms with Crippen LogP contribution >= 0.6 is 27.3 Å².